The molecule has 3 rings (SSSR count). The van der Waals surface area contributed by atoms with E-state index in [2.05, 4.69) is 34.9 Å². The lowest BCUT2D eigenvalue weighted by Crippen LogP contribution is -2.23. The minimum absolute atomic E-state index is 0.0739. The average Bonchev–Trinajstić information content (AvgIpc) is 2.76. The zero-order valence-corrected chi connectivity index (χ0v) is 17.1. The molecule has 0 aliphatic carbocycles. The second-order valence-corrected chi connectivity index (χ2v) is 7.59. The molecule has 0 aliphatic heterocycles. The molecule has 0 saturated carbocycles. The van der Waals surface area contributed by atoms with Crippen LogP contribution >= 0.6 is 11.8 Å². The Labute approximate surface area is 175 Å². The molecule has 0 aliphatic rings. The predicted molar refractivity (Wildman–Crippen MR) is 120 cm³/mol. The molecule has 0 aromatic heterocycles. The third-order valence-electron chi connectivity index (χ3n) is 4.33. The van der Waals surface area contributed by atoms with Crippen molar-refractivity contribution in [2.24, 2.45) is 0 Å². The van der Waals surface area contributed by atoms with Gasteiger partial charge in [-0.25, -0.2) is 0 Å². The SMILES string of the molecule is CCNC(=O)c1cccc(NC(=O)CSC(c2ccccc2)c2ccccc2)c1. The maximum Gasteiger partial charge on any atom is 0.251 e. The topological polar surface area (TPSA) is 58.2 Å². The molecule has 3 aromatic carbocycles. The Hall–Kier alpha value is -3.05. The zero-order chi connectivity index (χ0) is 20.5. The van der Waals surface area contributed by atoms with Gasteiger partial charge in [0.05, 0.1) is 11.0 Å². The summed E-state index contributed by atoms with van der Waals surface area (Å²) in [7, 11) is 0. The number of nitrogens with one attached hydrogen (secondary N) is 2. The summed E-state index contributed by atoms with van der Waals surface area (Å²) in [5.74, 6) is 0.0610. The van der Waals surface area contributed by atoms with E-state index in [-0.39, 0.29) is 17.1 Å². The second kappa shape index (κ2) is 10.5. The van der Waals surface area contributed by atoms with E-state index < -0.39 is 0 Å². The van der Waals surface area contributed by atoms with Gasteiger partial charge >= 0.3 is 0 Å². The number of amides is 2. The van der Waals surface area contributed by atoms with E-state index in [1.54, 1.807) is 36.0 Å². The van der Waals surface area contributed by atoms with Crippen molar-refractivity contribution in [1.29, 1.82) is 0 Å². The fourth-order valence-corrected chi connectivity index (χ4v) is 4.09. The van der Waals surface area contributed by atoms with Crippen molar-refractivity contribution in [2.75, 3.05) is 17.6 Å². The van der Waals surface area contributed by atoms with Crippen LogP contribution in [-0.4, -0.2) is 24.1 Å². The summed E-state index contributed by atoms with van der Waals surface area (Å²) in [4.78, 5) is 24.5. The minimum Gasteiger partial charge on any atom is -0.352 e. The van der Waals surface area contributed by atoms with E-state index in [4.69, 9.17) is 0 Å². The summed E-state index contributed by atoms with van der Waals surface area (Å²) in [6, 6.07) is 27.3. The standard InChI is InChI=1S/C24H24N2O2S/c1-2-25-24(28)20-14-9-15-21(16-20)26-22(27)17-29-23(18-10-5-3-6-11-18)19-12-7-4-8-13-19/h3-16,23H,2,17H2,1H3,(H,25,28)(H,26,27). The molecule has 0 saturated heterocycles. The maximum atomic E-state index is 12.6. The monoisotopic (exact) mass is 404 g/mol. The van der Waals surface area contributed by atoms with Gasteiger partial charge in [0.2, 0.25) is 5.91 Å². The number of thioether (sulfide) groups is 1. The molecule has 0 bridgehead atoms. The van der Waals surface area contributed by atoms with Crippen LogP contribution in [0.1, 0.15) is 33.7 Å². The van der Waals surface area contributed by atoms with Gasteiger partial charge in [0.25, 0.3) is 5.91 Å². The molecule has 5 heteroatoms. The van der Waals surface area contributed by atoms with E-state index in [1.165, 1.54) is 0 Å². The Morgan fingerprint density at radius 1 is 0.862 bits per heavy atom. The summed E-state index contributed by atoms with van der Waals surface area (Å²) < 4.78 is 0. The molecule has 29 heavy (non-hydrogen) atoms. The highest BCUT2D eigenvalue weighted by Gasteiger charge is 2.16. The lowest BCUT2D eigenvalue weighted by atomic mass is 10.0. The van der Waals surface area contributed by atoms with Crippen LogP contribution in [0.3, 0.4) is 0 Å². The first-order valence-electron chi connectivity index (χ1n) is 9.57. The molecule has 2 amide bonds. The lowest BCUT2D eigenvalue weighted by Gasteiger charge is -2.17. The van der Waals surface area contributed by atoms with Crippen molar-refractivity contribution < 1.29 is 9.59 Å². The van der Waals surface area contributed by atoms with E-state index >= 15 is 0 Å². The number of benzene rings is 3. The predicted octanol–water partition coefficient (Wildman–Crippen LogP) is 4.90. The highest BCUT2D eigenvalue weighted by molar-refractivity contribution is 8.00. The first-order chi connectivity index (χ1) is 14.2. The normalized spacial score (nSPS) is 10.6. The number of hydrogen-bond donors (Lipinski definition) is 2. The first kappa shape index (κ1) is 20.7. The largest absolute Gasteiger partial charge is 0.352 e. The number of carbonyl (C=O) groups is 2. The van der Waals surface area contributed by atoms with E-state index in [0.29, 0.717) is 23.5 Å². The first-order valence-corrected chi connectivity index (χ1v) is 10.6. The quantitative estimate of drug-likeness (QED) is 0.562. The molecule has 2 N–H and O–H groups in total. The molecule has 0 spiro atoms. The van der Waals surface area contributed by atoms with Gasteiger partial charge in [-0.05, 0) is 36.2 Å². The van der Waals surface area contributed by atoms with Gasteiger partial charge in [-0.1, -0.05) is 66.7 Å². The summed E-state index contributed by atoms with van der Waals surface area (Å²) >= 11 is 1.58. The van der Waals surface area contributed by atoms with Crippen LogP contribution in [0.4, 0.5) is 5.69 Å². The summed E-state index contributed by atoms with van der Waals surface area (Å²) in [6.45, 7) is 2.43. The molecular formula is C24H24N2O2S. The van der Waals surface area contributed by atoms with Gasteiger partial charge in [-0.2, -0.15) is 0 Å². The van der Waals surface area contributed by atoms with Crippen LogP contribution in [0.25, 0.3) is 0 Å². The summed E-state index contributed by atoms with van der Waals surface area (Å²) in [6.07, 6.45) is 0. The van der Waals surface area contributed by atoms with Gasteiger partial charge in [0.15, 0.2) is 0 Å². The molecule has 3 aromatic rings. The molecular weight excluding hydrogens is 380 g/mol. The van der Waals surface area contributed by atoms with E-state index in [0.717, 1.165) is 11.1 Å². The number of anilines is 1. The average molecular weight is 405 g/mol. The third kappa shape index (κ3) is 5.96. The van der Waals surface area contributed by atoms with Crippen molar-refractivity contribution >= 4 is 29.3 Å². The molecule has 148 valence electrons. The fraction of sp³-hybridized carbons (Fsp3) is 0.167. The Morgan fingerprint density at radius 2 is 1.48 bits per heavy atom. The molecule has 0 fully saturated rings. The summed E-state index contributed by atoms with van der Waals surface area (Å²) in [5.41, 5.74) is 3.48. The van der Waals surface area contributed by atoms with Gasteiger partial charge in [-0.15, -0.1) is 11.8 Å². The molecule has 0 heterocycles. The van der Waals surface area contributed by atoms with E-state index in [1.807, 2.05) is 43.3 Å². The molecule has 0 radical (unpaired) electrons. The number of hydrogen-bond acceptors (Lipinski definition) is 3. The minimum atomic E-state index is -0.147. The Morgan fingerprint density at radius 3 is 2.07 bits per heavy atom. The summed E-state index contributed by atoms with van der Waals surface area (Å²) in [5, 5.41) is 5.73. The zero-order valence-electron chi connectivity index (χ0n) is 16.3. The Balaban J connectivity index is 1.67. The van der Waals surface area contributed by atoms with Crippen LogP contribution in [0.5, 0.6) is 0 Å². The van der Waals surface area contributed by atoms with Crippen LogP contribution < -0.4 is 10.6 Å². The third-order valence-corrected chi connectivity index (χ3v) is 5.64. The van der Waals surface area contributed by atoms with Crippen LogP contribution in [0.15, 0.2) is 84.9 Å². The molecule has 0 atom stereocenters. The van der Waals surface area contributed by atoms with Gasteiger partial charge in [0.1, 0.15) is 0 Å². The van der Waals surface area contributed by atoms with Crippen molar-refractivity contribution in [2.45, 2.75) is 12.2 Å². The smallest absolute Gasteiger partial charge is 0.251 e. The van der Waals surface area contributed by atoms with Gasteiger partial charge < -0.3 is 10.6 Å². The highest BCUT2D eigenvalue weighted by atomic mass is 32.2. The number of carbonyl (C=O) groups excluding carboxylic acids is 2. The van der Waals surface area contributed by atoms with Crippen molar-refractivity contribution in [3.63, 3.8) is 0 Å². The Kier molecular flexibility index (Phi) is 7.47. The second-order valence-electron chi connectivity index (χ2n) is 6.50. The number of rotatable bonds is 8. The fourth-order valence-electron chi connectivity index (χ4n) is 3.00. The highest BCUT2D eigenvalue weighted by Crippen LogP contribution is 2.35. The molecule has 0 unspecified atom stereocenters. The van der Waals surface area contributed by atoms with Crippen LogP contribution in [0, 0.1) is 0 Å². The Bertz CT molecular complexity index is 906. The van der Waals surface area contributed by atoms with Crippen LogP contribution in [-0.2, 0) is 4.79 Å². The van der Waals surface area contributed by atoms with Gasteiger partial charge in [-0.3, -0.25) is 9.59 Å². The van der Waals surface area contributed by atoms with Crippen molar-refractivity contribution in [3.8, 4) is 0 Å². The lowest BCUT2D eigenvalue weighted by molar-refractivity contribution is -0.113. The van der Waals surface area contributed by atoms with Crippen molar-refractivity contribution in [1.82, 2.24) is 5.32 Å². The maximum absolute atomic E-state index is 12.6. The van der Waals surface area contributed by atoms with Crippen molar-refractivity contribution in [3.05, 3.63) is 102 Å². The molecule has 4 nitrogen and oxygen atoms in total. The van der Waals surface area contributed by atoms with Crippen LogP contribution in [0.2, 0.25) is 0 Å². The van der Waals surface area contributed by atoms with Gasteiger partial charge in [0, 0.05) is 17.8 Å². The van der Waals surface area contributed by atoms with E-state index in [9.17, 15) is 9.59 Å².